The Morgan fingerprint density at radius 3 is 1.43 bits per heavy atom. The first-order valence-electron chi connectivity index (χ1n) is 5.84. The van der Waals surface area contributed by atoms with Crippen molar-refractivity contribution in [1.82, 2.24) is 0 Å². The summed E-state index contributed by atoms with van der Waals surface area (Å²) in [5.41, 5.74) is 0. The normalized spacial score (nSPS) is 42.4. The molecule has 2 heterocycles. The summed E-state index contributed by atoms with van der Waals surface area (Å²) >= 11 is 0. The van der Waals surface area contributed by atoms with Crippen molar-refractivity contribution in [2.24, 2.45) is 23.7 Å². The highest BCUT2D eigenvalue weighted by atomic mass is 16.6. The topological polar surface area (TPSA) is 18.5 Å². The lowest BCUT2D eigenvalue weighted by molar-refractivity contribution is 0.0537. The molecule has 2 rings (SSSR count). The molecule has 4 atom stereocenters. The molecule has 0 N–H and O–H groups in total. The summed E-state index contributed by atoms with van der Waals surface area (Å²) in [6.07, 6.45) is 0.754. The highest BCUT2D eigenvalue weighted by Gasteiger charge is 2.48. The Labute approximate surface area is 87.0 Å². The summed E-state index contributed by atoms with van der Waals surface area (Å²) in [4.78, 5) is 0. The first-order chi connectivity index (χ1) is 6.61. The van der Waals surface area contributed by atoms with Crippen LogP contribution >= 0.6 is 0 Å². The minimum Gasteiger partial charge on any atom is -0.375 e. The summed E-state index contributed by atoms with van der Waals surface area (Å²) in [7, 11) is 0. The minimum absolute atomic E-state index is 0.377. The zero-order chi connectivity index (χ0) is 10.3. The van der Waals surface area contributed by atoms with Gasteiger partial charge in [0.2, 0.25) is 0 Å². The van der Waals surface area contributed by atoms with Crippen molar-refractivity contribution in [3.05, 3.63) is 0 Å². The average molecular weight is 198 g/mol. The van der Waals surface area contributed by atoms with Gasteiger partial charge in [0.25, 0.3) is 0 Å². The van der Waals surface area contributed by atoms with Gasteiger partial charge in [0, 0.05) is 11.8 Å². The van der Waals surface area contributed by atoms with Crippen molar-refractivity contribution in [1.29, 1.82) is 0 Å². The van der Waals surface area contributed by atoms with Crippen molar-refractivity contribution in [2.75, 3.05) is 13.2 Å². The van der Waals surface area contributed by atoms with E-state index >= 15 is 0 Å². The lowest BCUT2D eigenvalue weighted by Gasteiger charge is -2.20. The first-order valence-corrected chi connectivity index (χ1v) is 5.84. The standard InChI is InChI=1S/C12H22O2/c1-7(2)9-5-13-12-10(8(3)4)6-14-11(9)12/h7-12H,5-6H2,1-4H3/t9-,10-,11-,12-/m1/s1. The van der Waals surface area contributed by atoms with Crippen molar-refractivity contribution in [3.8, 4) is 0 Å². The van der Waals surface area contributed by atoms with Crippen molar-refractivity contribution >= 4 is 0 Å². The largest absolute Gasteiger partial charge is 0.375 e. The van der Waals surface area contributed by atoms with Crippen molar-refractivity contribution in [3.63, 3.8) is 0 Å². The molecule has 82 valence electrons. The minimum atomic E-state index is 0.377. The fourth-order valence-corrected chi connectivity index (χ4v) is 2.70. The van der Waals surface area contributed by atoms with E-state index in [0.29, 0.717) is 35.9 Å². The van der Waals surface area contributed by atoms with Gasteiger partial charge in [-0.3, -0.25) is 0 Å². The molecule has 2 aliphatic rings. The predicted octanol–water partition coefficient (Wildman–Crippen LogP) is 2.33. The quantitative estimate of drug-likeness (QED) is 0.678. The van der Waals surface area contributed by atoms with E-state index in [4.69, 9.17) is 9.47 Å². The Bertz CT molecular complexity index is 178. The molecule has 0 bridgehead atoms. The van der Waals surface area contributed by atoms with Gasteiger partial charge in [-0.1, -0.05) is 27.7 Å². The van der Waals surface area contributed by atoms with Crippen LogP contribution in [0.1, 0.15) is 27.7 Å². The number of ether oxygens (including phenoxy) is 2. The average Bonchev–Trinajstić information content (AvgIpc) is 2.59. The van der Waals surface area contributed by atoms with Gasteiger partial charge in [-0.25, -0.2) is 0 Å². The molecule has 0 unspecified atom stereocenters. The second-order valence-corrected chi connectivity index (χ2v) is 5.41. The summed E-state index contributed by atoms with van der Waals surface area (Å²) in [6.45, 7) is 10.9. The molecule has 2 nitrogen and oxygen atoms in total. The molecule has 0 radical (unpaired) electrons. The molecule has 0 aromatic rings. The van der Waals surface area contributed by atoms with E-state index in [2.05, 4.69) is 27.7 Å². The highest BCUT2D eigenvalue weighted by molar-refractivity contribution is 4.95. The summed E-state index contributed by atoms with van der Waals surface area (Å²) < 4.78 is 11.8. The lowest BCUT2D eigenvalue weighted by atomic mass is 9.85. The summed E-state index contributed by atoms with van der Waals surface area (Å²) in [5, 5.41) is 0. The molecule has 0 aliphatic carbocycles. The third-order valence-electron chi connectivity index (χ3n) is 3.84. The molecule has 0 spiro atoms. The van der Waals surface area contributed by atoms with Crippen LogP contribution < -0.4 is 0 Å². The number of hydrogen-bond acceptors (Lipinski definition) is 2. The van der Waals surface area contributed by atoms with Crippen LogP contribution in [0.4, 0.5) is 0 Å². The van der Waals surface area contributed by atoms with E-state index < -0.39 is 0 Å². The maximum atomic E-state index is 5.90. The van der Waals surface area contributed by atoms with E-state index in [1.54, 1.807) is 0 Å². The summed E-state index contributed by atoms with van der Waals surface area (Å²) in [5.74, 6) is 2.58. The van der Waals surface area contributed by atoms with Gasteiger partial charge >= 0.3 is 0 Å². The molecule has 0 saturated carbocycles. The zero-order valence-corrected chi connectivity index (χ0v) is 9.69. The van der Waals surface area contributed by atoms with Gasteiger partial charge < -0.3 is 9.47 Å². The highest BCUT2D eigenvalue weighted by Crippen LogP contribution is 2.40. The van der Waals surface area contributed by atoms with E-state index in [0.717, 1.165) is 13.2 Å². The van der Waals surface area contributed by atoms with Crippen LogP contribution in [0.25, 0.3) is 0 Å². The van der Waals surface area contributed by atoms with Gasteiger partial charge in [0.05, 0.1) is 25.4 Å². The number of hydrogen-bond donors (Lipinski definition) is 0. The Morgan fingerprint density at radius 1 is 0.786 bits per heavy atom. The maximum Gasteiger partial charge on any atom is 0.0893 e. The van der Waals surface area contributed by atoms with Crippen LogP contribution in [0.15, 0.2) is 0 Å². The molecule has 0 aromatic heterocycles. The number of rotatable bonds is 2. The lowest BCUT2D eigenvalue weighted by Crippen LogP contribution is -2.30. The van der Waals surface area contributed by atoms with E-state index in [9.17, 15) is 0 Å². The Kier molecular flexibility index (Phi) is 2.85. The second kappa shape index (κ2) is 3.82. The van der Waals surface area contributed by atoms with Gasteiger partial charge in [0.15, 0.2) is 0 Å². The molecule has 2 heteroatoms. The molecular formula is C12H22O2. The fourth-order valence-electron chi connectivity index (χ4n) is 2.70. The zero-order valence-electron chi connectivity index (χ0n) is 9.69. The van der Waals surface area contributed by atoms with Gasteiger partial charge in [-0.15, -0.1) is 0 Å². The monoisotopic (exact) mass is 198 g/mol. The van der Waals surface area contributed by atoms with E-state index in [-0.39, 0.29) is 0 Å². The molecular weight excluding hydrogens is 176 g/mol. The second-order valence-electron chi connectivity index (χ2n) is 5.41. The third kappa shape index (κ3) is 1.59. The number of fused-ring (bicyclic) bond motifs is 1. The molecule has 2 aliphatic heterocycles. The van der Waals surface area contributed by atoms with Crippen LogP contribution in [-0.2, 0) is 9.47 Å². The van der Waals surface area contributed by atoms with Gasteiger partial charge in [-0.2, -0.15) is 0 Å². The Morgan fingerprint density at radius 2 is 1.14 bits per heavy atom. The SMILES string of the molecule is CC(C)[C@H]1CO[C@H]2[C@@H]1OC[C@@H]2C(C)C. The third-order valence-corrected chi connectivity index (χ3v) is 3.84. The fraction of sp³-hybridized carbons (Fsp3) is 1.00. The molecule has 14 heavy (non-hydrogen) atoms. The molecule has 2 saturated heterocycles. The Balaban J connectivity index is 2.04. The van der Waals surface area contributed by atoms with E-state index in [1.165, 1.54) is 0 Å². The van der Waals surface area contributed by atoms with Gasteiger partial charge in [-0.05, 0) is 11.8 Å². The van der Waals surface area contributed by atoms with Crippen LogP contribution in [0.2, 0.25) is 0 Å². The van der Waals surface area contributed by atoms with Crippen LogP contribution in [0.5, 0.6) is 0 Å². The summed E-state index contributed by atoms with van der Waals surface area (Å²) in [6, 6.07) is 0. The van der Waals surface area contributed by atoms with Crippen molar-refractivity contribution < 1.29 is 9.47 Å². The van der Waals surface area contributed by atoms with Crippen LogP contribution in [-0.4, -0.2) is 25.4 Å². The van der Waals surface area contributed by atoms with Crippen LogP contribution in [0.3, 0.4) is 0 Å². The maximum absolute atomic E-state index is 5.90. The first kappa shape index (κ1) is 10.4. The van der Waals surface area contributed by atoms with Crippen LogP contribution in [0, 0.1) is 23.7 Å². The smallest absolute Gasteiger partial charge is 0.0893 e. The Hall–Kier alpha value is -0.0800. The van der Waals surface area contributed by atoms with Crippen molar-refractivity contribution in [2.45, 2.75) is 39.9 Å². The van der Waals surface area contributed by atoms with E-state index in [1.807, 2.05) is 0 Å². The van der Waals surface area contributed by atoms with Gasteiger partial charge in [0.1, 0.15) is 0 Å². The molecule has 0 aromatic carbocycles. The molecule has 0 amide bonds. The molecule has 2 fully saturated rings. The predicted molar refractivity (Wildman–Crippen MR) is 56.1 cm³/mol.